The zero-order valence-corrected chi connectivity index (χ0v) is 8.44. The average Bonchev–Trinajstić information content (AvgIpc) is 2.35. The van der Waals surface area contributed by atoms with E-state index in [0.29, 0.717) is 11.0 Å². The van der Waals surface area contributed by atoms with Crippen LogP contribution in [-0.2, 0) is 0 Å². The Hall–Kier alpha value is -1.84. The molecule has 78 valence electrons. The van der Waals surface area contributed by atoms with Crippen LogP contribution in [0.5, 0.6) is 11.8 Å². The van der Waals surface area contributed by atoms with Crippen molar-refractivity contribution in [1.29, 1.82) is 0 Å². The fraction of sp³-hybridized carbons (Fsp3) is 0.273. The lowest BCUT2D eigenvalue weighted by Crippen LogP contribution is -1.97. The summed E-state index contributed by atoms with van der Waals surface area (Å²) >= 11 is 0. The Balaban J connectivity index is 2.63. The van der Waals surface area contributed by atoms with Crippen molar-refractivity contribution in [3.8, 4) is 11.8 Å². The van der Waals surface area contributed by atoms with Crippen molar-refractivity contribution in [3.05, 3.63) is 23.8 Å². The lowest BCUT2D eigenvalue weighted by molar-refractivity contribution is 0.334. The van der Waals surface area contributed by atoms with Crippen LogP contribution in [0.4, 0.5) is 0 Å². The van der Waals surface area contributed by atoms with Gasteiger partial charge in [0.25, 0.3) is 11.8 Å². The van der Waals surface area contributed by atoms with Crippen LogP contribution < -0.4 is 9.47 Å². The van der Waals surface area contributed by atoms with Gasteiger partial charge in [0.15, 0.2) is 0 Å². The van der Waals surface area contributed by atoms with Gasteiger partial charge in [-0.05, 0) is 24.5 Å². The first-order valence-corrected chi connectivity index (χ1v) is 4.36. The smallest absolute Gasteiger partial charge is 0.278 e. The fourth-order valence-electron chi connectivity index (χ4n) is 1.29. The number of hydrogen-bond donors (Lipinski definition) is 0. The summed E-state index contributed by atoms with van der Waals surface area (Å²) in [5.74, 6) is 0.499. The maximum Gasteiger partial charge on any atom is 0.278 e. The number of rotatable bonds is 2. The molecular formula is C11H12N2O2. The van der Waals surface area contributed by atoms with Crippen LogP contribution in [0.15, 0.2) is 18.2 Å². The van der Waals surface area contributed by atoms with Gasteiger partial charge in [0.05, 0.1) is 25.3 Å². The van der Waals surface area contributed by atoms with Gasteiger partial charge < -0.3 is 9.47 Å². The van der Waals surface area contributed by atoms with Gasteiger partial charge in [-0.1, -0.05) is 6.07 Å². The molecule has 1 heterocycles. The molecule has 0 unspecified atom stereocenters. The Bertz CT molecular complexity index is 584. The number of benzene rings is 1. The normalized spacial score (nSPS) is 14.1. The van der Waals surface area contributed by atoms with E-state index >= 15 is 0 Å². The predicted molar refractivity (Wildman–Crippen MR) is 57.4 cm³/mol. The Morgan fingerprint density at radius 3 is 2.33 bits per heavy atom. The van der Waals surface area contributed by atoms with Crippen LogP contribution in [0.25, 0.3) is 11.0 Å². The monoisotopic (exact) mass is 207 g/mol. The minimum absolute atomic E-state index is 0.219. The van der Waals surface area contributed by atoms with E-state index in [4.69, 9.17) is 13.6 Å². The predicted octanol–water partition coefficient (Wildman–Crippen LogP) is 1.96. The third-order valence-electron chi connectivity index (χ3n) is 1.99. The van der Waals surface area contributed by atoms with E-state index in [1.165, 1.54) is 26.4 Å². The number of aromatic nitrogens is 2. The topological polar surface area (TPSA) is 44.2 Å². The van der Waals surface area contributed by atoms with Crippen molar-refractivity contribution in [2.75, 3.05) is 14.2 Å². The van der Waals surface area contributed by atoms with E-state index in [2.05, 4.69) is 9.97 Å². The molecule has 0 radical (unpaired) electrons. The fourth-order valence-corrected chi connectivity index (χ4v) is 1.29. The summed E-state index contributed by atoms with van der Waals surface area (Å²) in [5, 5.41) is 0. The summed E-state index contributed by atoms with van der Waals surface area (Å²) in [6.45, 7) is -2.16. The van der Waals surface area contributed by atoms with Crippen LogP contribution in [0.3, 0.4) is 0 Å². The molecule has 15 heavy (non-hydrogen) atoms. The highest BCUT2D eigenvalue weighted by atomic mass is 16.5. The van der Waals surface area contributed by atoms with Gasteiger partial charge >= 0.3 is 0 Å². The molecule has 2 rings (SSSR count). The molecule has 0 spiro atoms. The van der Waals surface area contributed by atoms with Crippen molar-refractivity contribution in [2.45, 2.75) is 6.85 Å². The number of methoxy groups -OCH3 is 2. The summed E-state index contributed by atoms with van der Waals surface area (Å²) in [5.41, 5.74) is 1.23. The quantitative estimate of drug-likeness (QED) is 0.755. The second kappa shape index (κ2) is 3.73. The highest BCUT2D eigenvalue weighted by Gasteiger charge is 2.08. The van der Waals surface area contributed by atoms with E-state index in [1.54, 1.807) is 6.07 Å². The Morgan fingerprint density at radius 2 is 1.73 bits per heavy atom. The van der Waals surface area contributed by atoms with Gasteiger partial charge in [-0.2, -0.15) is 0 Å². The molecule has 1 aromatic carbocycles. The minimum atomic E-state index is -2.16. The molecule has 0 saturated carbocycles. The standard InChI is InChI=1S/C11H12N2O2/c1-7-4-5-8-9(6-7)13-11(15-3)10(12-8)14-2/h4-6H,1-3H3/i1D3. The first kappa shape index (κ1) is 6.61. The molecule has 2 aromatic rings. The van der Waals surface area contributed by atoms with Crippen molar-refractivity contribution < 1.29 is 13.6 Å². The maximum absolute atomic E-state index is 7.35. The Labute approximate surface area is 92.1 Å². The average molecular weight is 207 g/mol. The van der Waals surface area contributed by atoms with Gasteiger partial charge in [0.1, 0.15) is 0 Å². The van der Waals surface area contributed by atoms with Crippen molar-refractivity contribution >= 4 is 11.0 Å². The van der Waals surface area contributed by atoms with E-state index in [-0.39, 0.29) is 17.3 Å². The number of aryl methyl sites for hydroxylation is 1. The van der Waals surface area contributed by atoms with Crippen molar-refractivity contribution in [2.24, 2.45) is 0 Å². The highest BCUT2D eigenvalue weighted by Crippen LogP contribution is 2.25. The molecule has 0 atom stereocenters. The Kier molecular flexibility index (Phi) is 1.64. The molecule has 0 saturated heterocycles. The summed E-state index contributed by atoms with van der Waals surface area (Å²) in [4.78, 5) is 8.37. The third-order valence-corrected chi connectivity index (χ3v) is 1.99. The number of fused-ring (bicyclic) bond motifs is 1. The number of hydrogen-bond acceptors (Lipinski definition) is 4. The van der Waals surface area contributed by atoms with Crippen LogP contribution in [0.1, 0.15) is 9.68 Å². The number of ether oxygens (including phenoxy) is 2. The summed E-state index contributed by atoms with van der Waals surface area (Å²) in [6.07, 6.45) is 0. The molecule has 0 amide bonds. The summed E-state index contributed by atoms with van der Waals surface area (Å²) in [7, 11) is 2.92. The first-order valence-electron chi connectivity index (χ1n) is 5.86. The SMILES string of the molecule is [2H]C([2H])([2H])c1ccc2nc(OC)c(OC)nc2c1. The van der Waals surface area contributed by atoms with E-state index in [9.17, 15) is 0 Å². The third kappa shape index (κ3) is 1.70. The molecule has 1 aromatic heterocycles. The summed E-state index contributed by atoms with van der Waals surface area (Å²) in [6, 6.07) is 4.60. The molecular weight excluding hydrogens is 192 g/mol. The van der Waals surface area contributed by atoms with Gasteiger partial charge in [0.2, 0.25) is 0 Å². The second-order valence-electron chi connectivity index (χ2n) is 2.95. The highest BCUT2D eigenvalue weighted by molar-refractivity contribution is 5.76. The molecule has 0 aliphatic heterocycles. The number of nitrogens with zero attached hydrogens (tertiary/aromatic N) is 2. The van der Waals surface area contributed by atoms with Gasteiger partial charge in [0, 0.05) is 4.11 Å². The molecule has 0 N–H and O–H groups in total. The zero-order chi connectivity index (χ0) is 13.3. The van der Waals surface area contributed by atoms with Gasteiger partial charge in [-0.25, -0.2) is 9.97 Å². The van der Waals surface area contributed by atoms with E-state index in [1.807, 2.05) is 0 Å². The van der Waals surface area contributed by atoms with Gasteiger partial charge in [-0.3, -0.25) is 0 Å². The van der Waals surface area contributed by atoms with Gasteiger partial charge in [-0.15, -0.1) is 0 Å². The Morgan fingerprint density at radius 1 is 1.07 bits per heavy atom. The van der Waals surface area contributed by atoms with Crippen molar-refractivity contribution in [3.63, 3.8) is 0 Å². The molecule has 0 aliphatic rings. The lowest BCUT2D eigenvalue weighted by atomic mass is 10.2. The van der Waals surface area contributed by atoms with E-state index in [0.717, 1.165) is 0 Å². The first-order chi connectivity index (χ1) is 8.45. The molecule has 0 aliphatic carbocycles. The van der Waals surface area contributed by atoms with E-state index < -0.39 is 6.85 Å². The molecule has 0 fully saturated rings. The van der Waals surface area contributed by atoms with Crippen LogP contribution in [0.2, 0.25) is 0 Å². The van der Waals surface area contributed by atoms with Crippen LogP contribution in [0, 0.1) is 6.85 Å². The molecule has 4 nitrogen and oxygen atoms in total. The maximum atomic E-state index is 7.35. The zero-order valence-electron chi connectivity index (χ0n) is 11.4. The largest absolute Gasteiger partial charge is 0.477 e. The molecule has 0 bridgehead atoms. The second-order valence-corrected chi connectivity index (χ2v) is 2.95. The minimum Gasteiger partial charge on any atom is -0.477 e. The van der Waals surface area contributed by atoms with Crippen LogP contribution >= 0.6 is 0 Å². The van der Waals surface area contributed by atoms with Crippen molar-refractivity contribution in [1.82, 2.24) is 9.97 Å². The lowest BCUT2D eigenvalue weighted by Gasteiger charge is -2.06. The molecule has 4 heteroatoms. The summed E-state index contributed by atoms with van der Waals surface area (Å²) < 4.78 is 32.1. The van der Waals surface area contributed by atoms with Crippen LogP contribution in [-0.4, -0.2) is 24.2 Å².